The molecule has 10 heteroatoms. The zero-order valence-electron chi connectivity index (χ0n) is 21.7. The second-order valence-corrected chi connectivity index (χ2v) is 12.0. The molecule has 0 radical (unpaired) electrons. The Hall–Kier alpha value is -2.72. The van der Waals surface area contributed by atoms with Crippen LogP contribution in [-0.4, -0.2) is 38.0 Å². The van der Waals surface area contributed by atoms with Crippen molar-refractivity contribution in [3.05, 3.63) is 65.6 Å². The summed E-state index contributed by atoms with van der Waals surface area (Å²) in [6, 6.07) is 3.64. The number of hydrogen-bond donors (Lipinski definition) is 0. The second kappa shape index (κ2) is 10.3. The molecule has 1 aliphatic rings. The van der Waals surface area contributed by atoms with Gasteiger partial charge in [-0.3, -0.25) is 0 Å². The lowest BCUT2D eigenvalue weighted by Gasteiger charge is -2.44. The van der Waals surface area contributed by atoms with Crippen molar-refractivity contribution in [3.63, 3.8) is 0 Å². The third kappa shape index (κ3) is 4.93. The Balaban J connectivity index is 1.93. The maximum atomic E-state index is 14.5. The molecule has 0 saturated heterocycles. The van der Waals surface area contributed by atoms with Gasteiger partial charge in [0.2, 0.25) is 10.0 Å². The fourth-order valence-electron chi connectivity index (χ4n) is 5.21. The predicted octanol–water partition coefficient (Wildman–Crippen LogP) is 6.39. The summed E-state index contributed by atoms with van der Waals surface area (Å²) in [6.07, 6.45) is 4.29. The Morgan fingerprint density at radius 3 is 2.47 bits per heavy atom. The highest BCUT2D eigenvalue weighted by Gasteiger charge is 2.53. The lowest BCUT2D eigenvalue weighted by molar-refractivity contribution is 0.0803. The largest absolute Gasteiger partial charge is 0.360 e. The Morgan fingerprint density at radius 2 is 1.94 bits per heavy atom. The molecule has 36 heavy (non-hydrogen) atoms. The molecule has 1 aromatic heterocycles. The van der Waals surface area contributed by atoms with Crippen LogP contribution >= 0.6 is 0 Å². The van der Waals surface area contributed by atoms with E-state index >= 15 is 0 Å². The van der Waals surface area contributed by atoms with Crippen LogP contribution in [0.5, 0.6) is 0 Å². The van der Waals surface area contributed by atoms with Crippen LogP contribution in [0.4, 0.5) is 8.78 Å². The summed E-state index contributed by atoms with van der Waals surface area (Å²) in [7, 11) is -2.36. The van der Waals surface area contributed by atoms with Gasteiger partial charge in [0, 0.05) is 20.1 Å². The number of aryl methyl sites for hydroxylation is 1. The van der Waals surface area contributed by atoms with Crippen molar-refractivity contribution in [2.45, 2.75) is 52.4 Å². The molecule has 0 bridgehead atoms. The number of halogens is 2. The number of hydrogen-bond acceptors (Lipinski definition) is 6. The Labute approximate surface area is 212 Å². The van der Waals surface area contributed by atoms with Gasteiger partial charge in [-0.05, 0) is 60.3 Å². The maximum absolute atomic E-state index is 14.5. The molecule has 7 nitrogen and oxygen atoms in total. The van der Waals surface area contributed by atoms with E-state index in [0.717, 1.165) is 12.8 Å². The number of azo groups is 1. The van der Waals surface area contributed by atoms with E-state index in [1.165, 1.54) is 35.7 Å². The Kier molecular flexibility index (Phi) is 8.00. The van der Waals surface area contributed by atoms with Crippen LogP contribution in [0.25, 0.3) is 5.70 Å². The highest BCUT2D eigenvalue weighted by Crippen LogP contribution is 2.58. The van der Waals surface area contributed by atoms with Gasteiger partial charge in [-0.15, -0.1) is 0 Å². The minimum atomic E-state index is -3.79. The summed E-state index contributed by atoms with van der Waals surface area (Å²) < 4.78 is 62.1. The molecule has 0 amide bonds. The average Bonchev–Trinajstić information content (AvgIpc) is 3.33. The zero-order chi connectivity index (χ0) is 26.9. The van der Waals surface area contributed by atoms with Gasteiger partial charge >= 0.3 is 0 Å². The minimum absolute atomic E-state index is 0.0585. The van der Waals surface area contributed by atoms with E-state index in [0.29, 0.717) is 12.1 Å². The molecule has 1 heterocycles. The van der Waals surface area contributed by atoms with E-state index < -0.39 is 32.5 Å². The molecule has 0 aliphatic heterocycles. The number of benzene rings is 1. The standard InChI is InChI=1S/C26H34F2N4O3S/c1-8-32(36(33,34)23-15-30-35-18(23)3)16-26(6)13-12-19(25(26,4)5)17(2)14-22(31-29-7)24-20(27)10-9-11-21(24)28/h9-11,14-15,19H,2,8,12-13,16H2,1,3-7H3/b22-14-,31-29?. The van der Waals surface area contributed by atoms with Crippen molar-refractivity contribution in [3.8, 4) is 0 Å². The SMILES string of the molecule is C=C(/C=C(\N=NC)c1c(F)cccc1F)C1CCC(C)(CN(CC)S(=O)(=O)c2cnoc2C)C1(C)C. The quantitative estimate of drug-likeness (QED) is 0.283. The summed E-state index contributed by atoms with van der Waals surface area (Å²) in [5.41, 5.74) is -0.332. The number of rotatable bonds is 9. The molecule has 3 rings (SSSR count). The molecule has 2 atom stereocenters. The zero-order valence-corrected chi connectivity index (χ0v) is 22.5. The third-order valence-corrected chi connectivity index (χ3v) is 9.83. The molecule has 1 aromatic carbocycles. The van der Waals surface area contributed by atoms with Crippen molar-refractivity contribution in [2.24, 2.45) is 27.0 Å². The summed E-state index contributed by atoms with van der Waals surface area (Å²) >= 11 is 0. The predicted molar refractivity (Wildman–Crippen MR) is 135 cm³/mol. The molecule has 2 unspecified atom stereocenters. The smallest absolute Gasteiger partial charge is 0.248 e. The number of allylic oxidation sites excluding steroid dienone is 2. The summed E-state index contributed by atoms with van der Waals surface area (Å²) in [4.78, 5) is 0.0640. The topological polar surface area (TPSA) is 88.1 Å². The van der Waals surface area contributed by atoms with E-state index in [2.05, 4.69) is 42.7 Å². The molecular weight excluding hydrogens is 486 g/mol. The number of nitrogens with zero attached hydrogens (tertiary/aromatic N) is 4. The van der Waals surface area contributed by atoms with Crippen LogP contribution < -0.4 is 0 Å². The van der Waals surface area contributed by atoms with E-state index in [-0.39, 0.29) is 34.4 Å². The first-order valence-electron chi connectivity index (χ1n) is 11.9. The van der Waals surface area contributed by atoms with Crippen molar-refractivity contribution in [1.82, 2.24) is 9.46 Å². The summed E-state index contributed by atoms with van der Waals surface area (Å²) in [5.74, 6) is -1.29. The number of sulfonamides is 1. The fraction of sp³-hybridized carbons (Fsp3) is 0.500. The van der Waals surface area contributed by atoms with E-state index in [4.69, 9.17) is 4.52 Å². The lowest BCUT2D eigenvalue weighted by Crippen LogP contribution is -2.46. The van der Waals surface area contributed by atoms with Crippen LogP contribution in [0, 0.1) is 35.3 Å². The Morgan fingerprint density at radius 1 is 1.31 bits per heavy atom. The molecule has 1 saturated carbocycles. The fourth-order valence-corrected chi connectivity index (χ4v) is 6.86. The monoisotopic (exact) mass is 520 g/mol. The van der Waals surface area contributed by atoms with Gasteiger partial charge in [0.1, 0.15) is 16.5 Å². The van der Waals surface area contributed by atoms with Crippen molar-refractivity contribution in [1.29, 1.82) is 0 Å². The molecule has 196 valence electrons. The first-order chi connectivity index (χ1) is 16.8. The number of aromatic nitrogens is 1. The first-order valence-corrected chi connectivity index (χ1v) is 13.3. The average molecular weight is 521 g/mol. The van der Waals surface area contributed by atoms with Gasteiger partial charge in [0.15, 0.2) is 5.76 Å². The van der Waals surface area contributed by atoms with Crippen LogP contribution in [0.3, 0.4) is 0 Å². The Bertz CT molecular complexity index is 1280. The van der Waals surface area contributed by atoms with Crippen molar-refractivity contribution < 1.29 is 21.7 Å². The first kappa shape index (κ1) is 27.9. The highest BCUT2D eigenvalue weighted by atomic mass is 32.2. The van der Waals surface area contributed by atoms with Crippen LogP contribution in [0.15, 0.2) is 62.3 Å². The molecule has 0 spiro atoms. The minimum Gasteiger partial charge on any atom is -0.360 e. The van der Waals surface area contributed by atoms with Crippen molar-refractivity contribution in [2.75, 3.05) is 20.1 Å². The highest BCUT2D eigenvalue weighted by molar-refractivity contribution is 7.89. The maximum Gasteiger partial charge on any atom is 0.248 e. The molecular formula is C26H34F2N4O3S. The van der Waals surface area contributed by atoms with Crippen molar-refractivity contribution >= 4 is 15.7 Å². The van der Waals surface area contributed by atoms with Crippen LogP contribution in [0.2, 0.25) is 0 Å². The van der Waals surface area contributed by atoms with Crippen LogP contribution in [0.1, 0.15) is 51.9 Å². The molecule has 2 aromatic rings. The van der Waals surface area contributed by atoms with Gasteiger partial charge in [-0.25, -0.2) is 17.2 Å². The summed E-state index contributed by atoms with van der Waals surface area (Å²) in [6.45, 7) is 14.4. The van der Waals surface area contributed by atoms with Crippen LogP contribution in [-0.2, 0) is 10.0 Å². The van der Waals surface area contributed by atoms with Gasteiger partial charge < -0.3 is 4.52 Å². The van der Waals surface area contributed by atoms with Gasteiger partial charge in [0.05, 0.1) is 17.5 Å². The van der Waals surface area contributed by atoms with E-state index in [1.54, 1.807) is 19.9 Å². The molecule has 0 N–H and O–H groups in total. The second-order valence-electron chi connectivity index (χ2n) is 10.1. The normalized spacial score (nSPS) is 22.6. The van der Waals surface area contributed by atoms with E-state index in [1.807, 2.05) is 0 Å². The van der Waals surface area contributed by atoms with Gasteiger partial charge in [0.25, 0.3) is 0 Å². The lowest BCUT2D eigenvalue weighted by atomic mass is 9.64. The third-order valence-electron chi connectivity index (χ3n) is 7.81. The van der Waals surface area contributed by atoms with Gasteiger partial charge in [-0.1, -0.05) is 45.5 Å². The summed E-state index contributed by atoms with van der Waals surface area (Å²) in [5, 5.41) is 11.4. The van der Waals surface area contributed by atoms with Gasteiger partial charge in [-0.2, -0.15) is 14.5 Å². The molecule has 1 aliphatic carbocycles. The van der Waals surface area contributed by atoms with E-state index in [9.17, 15) is 17.2 Å². The molecule has 1 fully saturated rings.